The molecule has 0 bridgehead atoms. The van der Waals surface area contributed by atoms with Gasteiger partial charge < -0.3 is 10.2 Å². The Balaban J connectivity index is 1.66. The molecule has 1 fully saturated rings. The lowest BCUT2D eigenvalue weighted by Gasteiger charge is -2.32. The van der Waals surface area contributed by atoms with Crippen LogP contribution in [0.1, 0.15) is 58.9 Å². The number of benzene rings is 1. The van der Waals surface area contributed by atoms with Crippen LogP contribution in [0.3, 0.4) is 0 Å². The van der Waals surface area contributed by atoms with E-state index in [9.17, 15) is 13.2 Å². The Morgan fingerprint density at radius 1 is 1.16 bits per heavy atom. The Morgan fingerprint density at radius 3 is 2.47 bits per heavy atom. The van der Waals surface area contributed by atoms with E-state index in [0.29, 0.717) is 29.6 Å². The average Bonchev–Trinajstić information content (AvgIpc) is 2.84. The van der Waals surface area contributed by atoms with E-state index in [1.54, 1.807) is 13.1 Å². The van der Waals surface area contributed by atoms with E-state index in [-0.39, 0.29) is 34.8 Å². The Bertz CT molecular complexity index is 1470. The van der Waals surface area contributed by atoms with Crippen molar-refractivity contribution < 1.29 is 12.8 Å². The van der Waals surface area contributed by atoms with Gasteiger partial charge in [-0.2, -0.15) is 4.98 Å². The topological polar surface area (TPSA) is 122 Å². The first-order valence-electron chi connectivity index (χ1n) is 13.0. The average molecular weight is 546 g/mol. The van der Waals surface area contributed by atoms with Gasteiger partial charge in [0, 0.05) is 23.7 Å². The largest absolute Gasteiger partial charge is 0.351 e. The number of fused-ring (bicyclic) bond motifs is 1. The highest BCUT2D eigenvalue weighted by Gasteiger charge is 2.24. The van der Waals surface area contributed by atoms with Crippen LogP contribution >= 0.6 is 0 Å². The first kappa shape index (κ1) is 27.9. The lowest BCUT2D eigenvalue weighted by molar-refractivity contribution is 0.221. The summed E-state index contributed by atoms with van der Waals surface area (Å²) in [4.78, 5) is 29.3. The Labute approximate surface area is 222 Å². The molecule has 10 nitrogen and oxygen atoms in total. The summed E-state index contributed by atoms with van der Waals surface area (Å²) in [5.41, 5.74) is 0.229. The van der Waals surface area contributed by atoms with Gasteiger partial charge in [-0.1, -0.05) is 6.92 Å². The van der Waals surface area contributed by atoms with Gasteiger partial charge in [-0.25, -0.2) is 22.8 Å². The number of halogens is 1. The van der Waals surface area contributed by atoms with Crippen LogP contribution < -0.4 is 15.6 Å². The van der Waals surface area contributed by atoms with Gasteiger partial charge in [0.2, 0.25) is 16.0 Å². The number of sulfonamides is 1. The molecule has 0 amide bonds. The quantitative estimate of drug-likeness (QED) is 0.414. The van der Waals surface area contributed by atoms with E-state index in [4.69, 9.17) is 0 Å². The second kappa shape index (κ2) is 11.3. The smallest absolute Gasteiger partial charge is 0.279 e. The predicted molar refractivity (Wildman–Crippen MR) is 148 cm³/mol. The summed E-state index contributed by atoms with van der Waals surface area (Å²) in [6.45, 7) is 5.45. The minimum absolute atomic E-state index is 0.0235. The van der Waals surface area contributed by atoms with Crippen molar-refractivity contribution in [2.45, 2.75) is 71.0 Å². The Morgan fingerprint density at radius 2 is 1.87 bits per heavy atom. The van der Waals surface area contributed by atoms with Gasteiger partial charge in [0.25, 0.3) is 5.56 Å². The third-order valence-corrected chi connectivity index (χ3v) is 8.37. The van der Waals surface area contributed by atoms with E-state index in [1.807, 2.05) is 13.8 Å². The first-order valence-corrected chi connectivity index (χ1v) is 14.7. The zero-order valence-corrected chi connectivity index (χ0v) is 23.3. The van der Waals surface area contributed by atoms with Crippen molar-refractivity contribution in [1.29, 1.82) is 0 Å². The minimum atomic E-state index is -3.58. The number of nitrogens with one attached hydrogen (secondary N) is 2. The summed E-state index contributed by atoms with van der Waals surface area (Å²) >= 11 is 0. The van der Waals surface area contributed by atoms with Crippen molar-refractivity contribution in [3.8, 4) is 11.3 Å². The Hall–Kier alpha value is -3.12. The number of rotatable bonds is 9. The fourth-order valence-electron chi connectivity index (χ4n) is 4.91. The lowest BCUT2D eigenvalue weighted by atomic mass is 9.91. The van der Waals surface area contributed by atoms with Crippen molar-refractivity contribution >= 4 is 32.8 Å². The summed E-state index contributed by atoms with van der Waals surface area (Å²) < 4.78 is 43.1. The van der Waals surface area contributed by atoms with Crippen molar-refractivity contribution in [3.63, 3.8) is 0 Å². The molecule has 3 aromatic rings. The van der Waals surface area contributed by atoms with Crippen LogP contribution in [0.2, 0.25) is 0 Å². The molecule has 2 N–H and O–H groups in total. The fourth-order valence-corrected chi connectivity index (χ4v) is 6.04. The van der Waals surface area contributed by atoms with Crippen LogP contribution in [-0.4, -0.2) is 64.8 Å². The standard InChI is InChI=1S/C26H36FN7O3S/c1-6-13-38(36,37)32-18-9-12-20(21(27)14-18)23-25(35)34(16(2)3)24-22(30-23)15-28-26(31-24)29-17-7-10-19(11-8-17)33(4)5/h9,12,14-17,19,32H,6-8,10-11,13H2,1-5H3,(H,28,29,31). The van der Waals surface area contributed by atoms with Gasteiger partial charge in [0.15, 0.2) is 5.65 Å². The molecule has 38 heavy (non-hydrogen) atoms. The summed E-state index contributed by atoms with van der Waals surface area (Å²) in [5.74, 6) is -0.395. The van der Waals surface area contributed by atoms with Gasteiger partial charge >= 0.3 is 0 Å². The predicted octanol–water partition coefficient (Wildman–Crippen LogP) is 4.01. The molecule has 0 atom stereocenters. The molecular formula is C26H36FN7O3S. The molecule has 0 unspecified atom stereocenters. The number of hydrogen-bond acceptors (Lipinski definition) is 8. The highest BCUT2D eigenvalue weighted by Crippen LogP contribution is 2.26. The van der Waals surface area contributed by atoms with Gasteiger partial charge in [0.05, 0.1) is 17.6 Å². The zero-order chi connectivity index (χ0) is 27.6. The maximum Gasteiger partial charge on any atom is 0.279 e. The second-order valence-corrected chi connectivity index (χ2v) is 12.2. The molecule has 12 heteroatoms. The molecular weight excluding hydrogens is 509 g/mol. The highest BCUT2D eigenvalue weighted by molar-refractivity contribution is 7.92. The summed E-state index contributed by atoms with van der Waals surface area (Å²) in [6.07, 6.45) is 6.16. The summed E-state index contributed by atoms with van der Waals surface area (Å²) in [6, 6.07) is 4.39. The molecule has 2 heterocycles. The van der Waals surface area contributed by atoms with Crippen molar-refractivity contribution in [1.82, 2.24) is 24.4 Å². The monoisotopic (exact) mass is 545 g/mol. The van der Waals surface area contributed by atoms with Crippen molar-refractivity contribution in [3.05, 3.63) is 40.6 Å². The third-order valence-electron chi connectivity index (χ3n) is 6.88. The van der Waals surface area contributed by atoms with Crippen LogP contribution in [-0.2, 0) is 10.0 Å². The van der Waals surface area contributed by atoms with Crippen LogP contribution in [0.25, 0.3) is 22.4 Å². The molecule has 0 aliphatic heterocycles. The summed E-state index contributed by atoms with van der Waals surface area (Å²) in [5, 5.41) is 3.41. The number of aromatic nitrogens is 4. The van der Waals surface area contributed by atoms with Crippen LogP contribution in [0.4, 0.5) is 16.0 Å². The van der Waals surface area contributed by atoms with E-state index in [2.05, 4.69) is 44.0 Å². The van der Waals surface area contributed by atoms with Crippen LogP contribution in [0, 0.1) is 5.82 Å². The number of anilines is 2. The molecule has 0 saturated heterocycles. The molecule has 1 saturated carbocycles. The maximum atomic E-state index is 15.1. The van der Waals surface area contributed by atoms with Gasteiger partial charge in [0.1, 0.15) is 17.0 Å². The van der Waals surface area contributed by atoms with E-state index >= 15 is 4.39 Å². The molecule has 1 aliphatic rings. The molecule has 1 aromatic carbocycles. The first-order chi connectivity index (χ1) is 18.0. The molecule has 1 aliphatic carbocycles. The second-order valence-electron chi connectivity index (χ2n) is 10.4. The third kappa shape index (κ3) is 6.12. The van der Waals surface area contributed by atoms with Crippen LogP contribution in [0.5, 0.6) is 0 Å². The van der Waals surface area contributed by atoms with E-state index < -0.39 is 21.4 Å². The SMILES string of the molecule is CCCS(=O)(=O)Nc1ccc(-c2nc3cnc(NC4CCC(N(C)C)CC4)nc3n(C(C)C)c2=O)c(F)c1. The highest BCUT2D eigenvalue weighted by atomic mass is 32.2. The normalized spacial score (nSPS) is 18.3. The lowest BCUT2D eigenvalue weighted by Crippen LogP contribution is -2.36. The van der Waals surface area contributed by atoms with Gasteiger partial charge in [-0.05, 0) is 78.2 Å². The molecule has 2 aromatic heterocycles. The zero-order valence-electron chi connectivity index (χ0n) is 22.5. The fraction of sp³-hybridized carbons (Fsp3) is 0.538. The summed E-state index contributed by atoms with van der Waals surface area (Å²) in [7, 11) is 0.629. The number of hydrogen-bond donors (Lipinski definition) is 2. The van der Waals surface area contributed by atoms with Crippen LogP contribution in [0.15, 0.2) is 29.2 Å². The maximum absolute atomic E-state index is 15.1. The minimum Gasteiger partial charge on any atom is -0.351 e. The molecule has 0 radical (unpaired) electrons. The Kier molecular flexibility index (Phi) is 8.31. The number of nitrogens with zero attached hydrogens (tertiary/aromatic N) is 5. The van der Waals surface area contributed by atoms with Gasteiger partial charge in [-0.3, -0.25) is 14.1 Å². The molecule has 0 spiro atoms. The molecule has 4 rings (SSSR count). The molecule has 206 valence electrons. The van der Waals surface area contributed by atoms with Gasteiger partial charge in [-0.15, -0.1) is 0 Å². The van der Waals surface area contributed by atoms with E-state index in [0.717, 1.165) is 31.7 Å². The van der Waals surface area contributed by atoms with Crippen molar-refractivity contribution in [2.24, 2.45) is 0 Å². The van der Waals surface area contributed by atoms with Crippen molar-refractivity contribution in [2.75, 3.05) is 29.9 Å². The van der Waals surface area contributed by atoms with E-state index in [1.165, 1.54) is 16.7 Å².